The molecule has 1 aromatic heterocycles. The van der Waals surface area contributed by atoms with E-state index in [4.69, 9.17) is 0 Å². The summed E-state index contributed by atoms with van der Waals surface area (Å²) in [4.78, 5) is 30.4. The molecule has 1 atom stereocenters. The minimum atomic E-state index is -2.48. The lowest BCUT2D eigenvalue weighted by molar-refractivity contribution is -0.110. The Labute approximate surface area is 194 Å². The van der Waals surface area contributed by atoms with Gasteiger partial charge in [-0.25, -0.2) is 0 Å². The molecule has 1 aromatic carbocycles. The third-order valence-electron chi connectivity index (χ3n) is 6.14. The Hall–Kier alpha value is -2.63. The van der Waals surface area contributed by atoms with E-state index in [0.717, 1.165) is 16.8 Å². The normalized spacial score (nSPS) is 20.9. The molecule has 9 nitrogen and oxygen atoms in total. The molecule has 2 aliphatic rings. The predicted octanol–water partition coefficient (Wildman–Crippen LogP) is 2.28. The van der Waals surface area contributed by atoms with Crippen molar-refractivity contribution in [2.45, 2.75) is 20.0 Å². The van der Waals surface area contributed by atoms with E-state index < -0.39 is 16.7 Å². The minimum Gasteiger partial charge on any atom is -0.390 e. The molecule has 0 spiro atoms. The van der Waals surface area contributed by atoms with Gasteiger partial charge in [0.1, 0.15) is 0 Å². The van der Waals surface area contributed by atoms with Crippen LogP contribution in [0.15, 0.2) is 24.3 Å². The Morgan fingerprint density at radius 1 is 1.24 bits per heavy atom. The van der Waals surface area contributed by atoms with Crippen molar-refractivity contribution >= 4 is 39.7 Å². The van der Waals surface area contributed by atoms with Gasteiger partial charge >= 0.3 is 0 Å². The van der Waals surface area contributed by atoms with Crippen molar-refractivity contribution in [3.05, 3.63) is 52.3 Å². The highest BCUT2D eigenvalue weighted by molar-refractivity contribution is 8.24. The lowest BCUT2D eigenvalue weighted by Crippen LogP contribution is -2.45. The number of hydrogen-bond donors (Lipinski definition) is 6. The van der Waals surface area contributed by atoms with Crippen LogP contribution >= 0.6 is 10.6 Å². The van der Waals surface area contributed by atoms with Crippen molar-refractivity contribution in [2.24, 2.45) is 0 Å². The van der Waals surface area contributed by atoms with E-state index in [1.54, 1.807) is 13.0 Å². The van der Waals surface area contributed by atoms with Gasteiger partial charge in [0, 0.05) is 48.8 Å². The molecule has 1 saturated heterocycles. The molecule has 0 saturated carbocycles. The monoisotopic (exact) mass is 474 g/mol. The molecular weight excluding hydrogens is 444 g/mol. The highest BCUT2D eigenvalue weighted by Crippen LogP contribution is 2.40. The first-order chi connectivity index (χ1) is 15.6. The van der Waals surface area contributed by atoms with Crippen molar-refractivity contribution in [3.63, 3.8) is 0 Å². The van der Waals surface area contributed by atoms with E-state index in [2.05, 4.69) is 15.6 Å². The number of nitrogens with one attached hydrogen (secondary N) is 3. The lowest BCUT2D eigenvalue weighted by Gasteiger charge is -2.41. The van der Waals surface area contributed by atoms with Gasteiger partial charge in [0.15, 0.2) is 0 Å². The number of fused-ring (bicyclic) bond motifs is 1. The number of H-pyrrole nitrogens is 1. The molecule has 6 N–H and O–H groups in total. The molecule has 3 heterocycles. The summed E-state index contributed by atoms with van der Waals surface area (Å²) in [5.41, 5.74) is 4.71. The van der Waals surface area contributed by atoms with E-state index in [-0.39, 0.29) is 18.4 Å². The summed E-state index contributed by atoms with van der Waals surface area (Å²) >= 11 is 0. The van der Waals surface area contributed by atoms with E-state index in [1.165, 1.54) is 0 Å². The number of rotatable bonds is 6. The van der Waals surface area contributed by atoms with Crippen LogP contribution in [-0.2, 0) is 4.79 Å². The molecule has 0 bridgehead atoms. The van der Waals surface area contributed by atoms with Crippen LogP contribution in [0, 0.1) is 13.8 Å². The zero-order chi connectivity index (χ0) is 23.8. The second-order valence-electron chi connectivity index (χ2n) is 8.60. The van der Waals surface area contributed by atoms with Crippen molar-refractivity contribution in [2.75, 3.05) is 43.0 Å². The maximum atomic E-state index is 12.9. The van der Waals surface area contributed by atoms with E-state index >= 15 is 0 Å². The third kappa shape index (κ3) is 5.15. The van der Waals surface area contributed by atoms with Crippen molar-refractivity contribution in [3.8, 4) is 0 Å². The van der Waals surface area contributed by atoms with Crippen LogP contribution in [0.4, 0.5) is 5.69 Å². The van der Waals surface area contributed by atoms with Crippen LogP contribution in [0.5, 0.6) is 0 Å². The smallest absolute Gasteiger partial charge is 0.256 e. The highest BCUT2D eigenvalue weighted by Gasteiger charge is 2.26. The predicted molar refractivity (Wildman–Crippen MR) is 131 cm³/mol. The number of aliphatic hydroxyl groups excluding tert-OH is 1. The number of carbonyl (C=O) groups excluding carboxylic acids is 2. The Morgan fingerprint density at radius 3 is 2.67 bits per heavy atom. The van der Waals surface area contributed by atoms with Crippen molar-refractivity contribution in [1.82, 2.24) is 15.2 Å². The number of nitrogens with zero attached hydrogens (tertiary/aromatic N) is 1. The zero-order valence-corrected chi connectivity index (χ0v) is 19.5. The fraction of sp³-hybridized carbons (Fsp3) is 0.391. The van der Waals surface area contributed by atoms with Gasteiger partial charge in [-0.3, -0.25) is 23.6 Å². The molecule has 0 aliphatic carbocycles. The first-order valence-electron chi connectivity index (χ1n) is 10.9. The molecule has 1 unspecified atom stereocenters. The molecule has 178 valence electrons. The third-order valence-corrected chi connectivity index (χ3v) is 7.81. The van der Waals surface area contributed by atoms with E-state index in [1.807, 2.05) is 36.1 Å². The molecule has 33 heavy (non-hydrogen) atoms. The van der Waals surface area contributed by atoms with E-state index in [9.17, 15) is 23.8 Å². The molecule has 2 aromatic rings. The van der Waals surface area contributed by atoms with Gasteiger partial charge < -0.3 is 20.7 Å². The van der Waals surface area contributed by atoms with Gasteiger partial charge in [-0.05, 0) is 31.6 Å². The maximum Gasteiger partial charge on any atom is 0.256 e. The number of aromatic nitrogens is 1. The molecule has 2 amide bonds. The summed E-state index contributed by atoms with van der Waals surface area (Å²) in [6.45, 7) is 5.09. The number of anilines is 1. The second kappa shape index (κ2) is 9.32. The van der Waals surface area contributed by atoms with Crippen molar-refractivity contribution in [1.29, 1.82) is 0 Å². The molecule has 4 rings (SSSR count). The number of hydrogen-bond acceptors (Lipinski definition) is 6. The average molecular weight is 475 g/mol. The fourth-order valence-electron chi connectivity index (χ4n) is 4.29. The van der Waals surface area contributed by atoms with Gasteiger partial charge in [0.05, 0.1) is 28.7 Å². The molecule has 2 aliphatic heterocycles. The topological polar surface area (TPSA) is 138 Å². The molecule has 10 heteroatoms. The quantitative estimate of drug-likeness (QED) is 0.355. The summed E-state index contributed by atoms with van der Waals surface area (Å²) in [6.07, 6.45) is 0.990. The highest BCUT2D eigenvalue weighted by atomic mass is 32.3. The van der Waals surface area contributed by atoms with Gasteiger partial charge in [-0.1, -0.05) is 18.2 Å². The van der Waals surface area contributed by atoms with Gasteiger partial charge in [-0.2, -0.15) is 10.6 Å². The largest absolute Gasteiger partial charge is 0.390 e. The molecule has 1 fully saturated rings. The number of para-hydroxylation sites is 1. The summed E-state index contributed by atoms with van der Waals surface area (Å²) in [5, 5.41) is 16.0. The number of benzene rings is 1. The number of β-amino-alcohol motifs (C(OH)–C–C–N with tert-alkyl or cyclic N) is 1. The Bertz CT molecular complexity index is 1100. The Morgan fingerprint density at radius 2 is 1.94 bits per heavy atom. The SMILES string of the molecule is Cc1[nH]c(/C=C2\C(=O)Nc3ccccc32)c(C)c1C(=O)NCC(O)CN1CCS(O)(O)CC1. The van der Waals surface area contributed by atoms with Crippen molar-refractivity contribution < 1.29 is 23.8 Å². The first-order valence-corrected chi connectivity index (χ1v) is 12.8. The summed E-state index contributed by atoms with van der Waals surface area (Å²) < 4.78 is 19.4. The van der Waals surface area contributed by atoms with Gasteiger partial charge in [0.25, 0.3) is 11.8 Å². The van der Waals surface area contributed by atoms with Crippen LogP contribution in [-0.4, -0.2) is 79.7 Å². The Balaban J connectivity index is 1.41. The van der Waals surface area contributed by atoms with Crippen LogP contribution in [0.2, 0.25) is 0 Å². The molecular formula is C23H30N4O5S. The number of aromatic amines is 1. The number of carbonyl (C=O) groups is 2. The lowest BCUT2D eigenvalue weighted by atomic mass is 10.0. The van der Waals surface area contributed by atoms with Crippen LogP contribution in [0.3, 0.4) is 0 Å². The summed E-state index contributed by atoms with van der Waals surface area (Å²) in [5.74, 6) is 0.147. The number of aliphatic hydroxyl groups is 1. The fourth-order valence-corrected chi connectivity index (χ4v) is 5.60. The number of amides is 2. The maximum absolute atomic E-state index is 12.9. The van der Waals surface area contributed by atoms with Gasteiger partial charge in [0.2, 0.25) is 0 Å². The van der Waals surface area contributed by atoms with Crippen LogP contribution in [0.25, 0.3) is 11.6 Å². The summed E-state index contributed by atoms with van der Waals surface area (Å²) in [7, 11) is -2.48. The standard InChI is InChI=1S/C23H30N4O5S/c1-14-20(11-18-17-5-3-4-6-19(17)26-22(18)29)25-15(2)21(14)23(30)24-12-16(28)13-27-7-9-33(31,32)10-8-27/h3-6,11,16,25,28,31-32H,7-10,12-13H2,1-2H3,(H,24,30)(H,26,29)/b18-11-. The molecule has 0 radical (unpaired) electrons. The van der Waals surface area contributed by atoms with Crippen LogP contribution in [0.1, 0.15) is 32.9 Å². The minimum absolute atomic E-state index is 0.0852. The Kier molecular flexibility index (Phi) is 6.64. The first kappa shape index (κ1) is 23.5. The number of aryl methyl sites for hydroxylation is 1. The summed E-state index contributed by atoms with van der Waals surface area (Å²) in [6, 6.07) is 7.46. The zero-order valence-electron chi connectivity index (χ0n) is 18.7. The van der Waals surface area contributed by atoms with E-state index in [0.29, 0.717) is 53.7 Å². The average Bonchev–Trinajstić information content (AvgIpc) is 3.23. The van der Waals surface area contributed by atoms with Crippen LogP contribution < -0.4 is 10.6 Å². The van der Waals surface area contributed by atoms with Gasteiger partial charge in [-0.15, -0.1) is 0 Å². The second-order valence-corrected chi connectivity index (χ2v) is 11.0.